The van der Waals surface area contributed by atoms with E-state index in [2.05, 4.69) is 13.7 Å². The summed E-state index contributed by atoms with van der Waals surface area (Å²) in [5, 5.41) is 0. The molecule has 0 radical (unpaired) electrons. The third-order valence-corrected chi connectivity index (χ3v) is 2.21. The van der Waals surface area contributed by atoms with E-state index in [9.17, 15) is 13.0 Å². The maximum Gasteiger partial charge on any atom is 0.382 e. The molecule has 0 fully saturated rings. The van der Waals surface area contributed by atoms with Crippen LogP contribution in [0.4, 0.5) is 0 Å². The van der Waals surface area contributed by atoms with Crippen molar-refractivity contribution in [1.29, 1.82) is 0 Å². The van der Waals surface area contributed by atoms with Crippen molar-refractivity contribution in [2.75, 3.05) is 20.5 Å². The highest BCUT2D eigenvalue weighted by Gasteiger charge is 2.37. The van der Waals surface area contributed by atoms with E-state index in [1.54, 1.807) is 0 Å². The van der Waals surface area contributed by atoms with Gasteiger partial charge < -0.3 is 9.47 Å². The van der Waals surface area contributed by atoms with E-state index in [0.29, 0.717) is 0 Å². The van der Waals surface area contributed by atoms with E-state index in [-0.39, 0.29) is 0 Å². The van der Waals surface area contributed by atoms with Crippen LogP contribution in [0.5, 0.6) is 0 Å². The Bertz CT molecular complexity index is 242. The molecular formula is C4H9O6PS. The van der Waals surface area contributed by atoms with Gasteiger partial charge in [0.2, 0.25) is 0 Å². The van der Waals surface area contributed by atoms with E-state index in [4.69, 9.17) is 0 Å². The molecular weight excluding hydrogens is 207 g/mol. The van der Waals surface area contributed by atoms with Gasteiger partial charge >= 0.3 is 5.71 Å². The highest BCUT2D eigenvalue weighted by atomic mass is 32.2. The lowest BCUT2D eigenvalue weighted by Crippen LogP contribution is -2.32. The Morgan fingerprint density at radius 3 is 1.75 bits per heavy atom. The van der Waals surface area contributed by atoms with E-state index in [1.165, 1.54) is 0 Å². The number of hydrogen-bond acceptors (Lipinski definition) is 6. The predicted molar refractivity (Wildman–Crippen MR) is 40.3 cm³/mol. The summed E-state index contributed by atoms with van der Waals surface area (Å²) in [7, 11) is -2.28. The summed E-state index contributed by atoms with van der Waals surface area (Å²) >= 11 is 0. The molecule has 8 heteroatoms. The Balaban J connectivity index is 4.64. The van der Waals surface area contributed by atoms with Gasteiger partial charge in [-0.25, -0.2) is 0 Å². The molecule has 0 aromatic carbocycles. The van der Waals surface area contributed by atoms with Gasteiger partial charge in [-0.3, -0.25) is 4.57 Å². The van der Waals surface area contributed by atoms with Crippen LogP contribution in [0.2, 0.25) is 0 Å². The van der Waals surface area contributed by atoms with Gasteiger partial charge in [0.05, 0.1) is 6.26 Å². The molecule has 0 unspecified atom stereocenters. The largest absolute Gasteiger partial charge is 0.382 e. The smallest absolute Gasteiger partial charge is 0.320 e. The molecule has 12 heavy (non-hydrogen) atoms. The van der Waals surface area contributed by atoms with Gasteiger partial charge in [0.15, 0.2) is 0 Å². The molecule has 72 valence electrons. The third kappa shape index (κ3) is 3.55. The van der Waals surface area contributed by atoms with Crippen molar-refractivity contribution in [3.05, 3.63) is 0 Å². The fourth-order valence-corrected chi connectivity index (χ4v) is 1.63. The van der Waals surface area contributed by atoms with Crippen LogP contribution in [0.15, 0.2) is 0 Å². The predicted octanol–water partition coefficient (Wildman–Crippen LogP) is 0.158. The van der Waals surface area contributed by atoms with Gasteiger partial charge in [0, 0.05) is 14.2 Å². The van der Waals surface area contributed by atoms with Crippen LogP contribution < -0.4 is 0 Å². The van der Waals surface area contributed by atoms with Crippen LogP contribution >= 0.6 is 8.46 Å². The van der Waals surface area contributed by atoms with Crippen molar-refractivity contribution < 1.29 is 26.6 Å². The van der Waals surface area contributed by atoms with Crippen molar-refractivity contribution >= 4 is 18.6 Å². The zero-order valence-corrected chi connectivity index (χ0v) is 8.52. The van der Waals surface area contributed by atoms with Gasteiger partial charge in [0.25, 0.3) is 18.6 Å². The molecule has 0 atom stereocenters. The van der Waals surface area contributed by atoms with Crippen LogP contribution in [0.3, 0.4) is 0 Å². The highest BCUT2D eigenvalue weighted by molar-refractivity contribution is 7.86. The SMILES string of the molecule is COC(OC)(OS(C)(=O)=O)P=O. The molecule has 0 N–H and O–H groups in total. The topological polar surface area (TPSA) is 78.9 Å². The van der Waals surface area contributed by atoms with Gasteiger partial charge in [-0.2, -0.15) is 12.6 Å². The quantitative estimate of drug-likeness (QED) is 0.370. The Morgan fingerprint density at radius 2 is 1.67 bits per heavy atom. The summed E-state index contributed by atoms with van der Waals surface area (Å²) in [6.07, 6.45) is 0.797. The second kappa shape index (κ2) is 4.25. The lowest BCUT2D eigenvalue weighted by atomic mass is 11.2. The molecule has 0 bridgehead atoms. The summed E-state index contributed by atoms with van der Waals surface area (Å²) in [4.78, 5) is 0. The maximum atomic E-state index is 10.6. The first-order valence-electron chi connectivity index (χ1n) is 2.74. The van der Waals surface area contributed by atoms with Crippen molar-refractivity contribution in [2.24, 2.45) is 0 Å². The normalized spacial score (nSPS) is 13.6. The lowest BCUT2D eigenvalue weighted by molar-refractivity contribution is -0.253. The van der Waals surface area contributed by atoms with Crippen molar-refractivity contribution in [3.63, 3.8) is 0 Å². The monoisotopic (exact) mass is 216 g/mol. The molecule has 0 aliphatic heterocycles. The lowest BCUT2D eigenvalue weighted by Gasteiger charge is -2.20. The average molecular weight is 216 g/mol. The summed E-state index contributed by atoms with van der Waals surface area (Å²) in [5.74, 6) is 0. The van der Waals surface area contributed by atoms with Crippen LogP contribution in [-0.4, -0.2) is 34.6 Å². The molecule has 0 aliphatic carbocycles. The van der Waals surface area contributed by atoms with Crippen LogP contribution in [0, 0.1) is 0 Å². The summed E-state index contributed by atoms with van der Waals surface area (Å²) in [6, 6.07) is 0. The average Bonchev–Trinajstić information content (AvgIpc) is 1.99. The van der Waals surface area contributed by atoms with Crippen LogP contribution in [0.1, 0.15) is 0 Å². The van der Waals surface area contributed by atoms with E-state index in [1.807, 2.05) is 0 Å². The van der Waals surface area contributed by atoms with E-state index < -0.39 is 24.3 Å². The summed E-state index contributed by atoms with van der Waals surface area (Å²) in [6.45, 7) is 0. The number of ether oxygens (including phenoxy) is 2. The van der Waals surface area contributed by atoms with Gasteiger partial charge in [-0.05, 0) is 0 Å². The second-order valence-corrected chi connectivity index (χ2v) is 4.12. The van der Waals surface area contributed by atoms with Crippen molar-refractivity contribution in [2.45, 2.75) is 5.71 Å². The molecule has 6 nitrogen and oxygen atoms in total. The first kappa shape index (κ1) is 11.9. The zero-order chi connectivity index (χ0) is 9.83. The first-order valence-corrected chi connectivity index (χ1v) is 5.37. The highest BCUT2D eigenvalue weighted by Crippen LogP contribution is 2.27. The molecule has 0 heterocycles. The minimum atomic E-state index is -3.78. The molecule has 0 aromatic rings. The minimum absolute atomic E-state index is 0.727. The fourth-order valence-electron chi connectivity index (χ4n) is 0.432. The Kier molecular flexibility index (Phi) is 4.22. The Labute approximate surface area is 72.1 Å². The first-order chi connectivity index (χ1) is 5.39. The van der Waals surface area contributed by atoms with E-state index in [0.717, 1.165) is 20.5 Å². The molecule has 0 rings (SSSR count). The Hall–Kier alpha value is -0.0700. The zero-order valence-electron chi connectivity index (χ0n) is 6.80. The summed E-state index contributed by atoms with van der Waals surface area (Å²) < 4.78 is 44.8. The van der Waals surface area contributed by atoms with Crippen molar-refractivity contribution in [1.82, 2.24) is 0 Å². The van der Waals surface area contributed by atoms with Crippen molar-refractivity contribution in [3.8, 4) is 0 Å². The maximum absolute atomic E-state index is 10.6. The standard InChI is InChI=1S/C4H9O6PS/c1-8-4(9-2,11-5)10-12(3,6)7/h1-3H3. The molecule has 0 saturated carbocycles. The van der Waals surface area contributed by atoms with E-state index >= 15 is 0 Å². The number of methoxy groups -OCH3 is 2. The second-order valence-electron chi connectivity index (χ2n) is 1.81. The molecule has 0 amide bonds. The molecule has 0 aromatic heterocycles. The number of rotatable bonds is 5. The molecule has 0 aliphatic rings. The fraction of sp³-hybridized carbons (Fsp3) is 1.00. The van der Waals surface area contributed by atoms with Gasteiger partial charge in [0.1, 0.15) is 0 Å². The number of hydrogen-bond donors (Lipinski definition) is 0. The Morgan fingerprint density at radius 1 is 1.25 bits per heavy atom. The summed E-state index contributed by atoms with van der Waals surface area (Å²) in [5.41, 5.74) is -2.06. The van der Waals surface area contributed by atoms with Gasteiger partial charge in [-0.1, -0.05) is 0 Å². The molecule has 0 spiro atoms. The third-order valence-electron chi connectivity index (χ3n) is 0.884. The minimum Gasteiger partial charge on any atom is -0.320 e. The van der Waals surface area contributed by atoms with Crippen LogP contribution in [0.25, 0.3) is 0 Å². The van der Waals surface area contributed by atoms with Crippen LogP contribution in [-0.2, 0) is 28.3 Å². The van der Waals surface area contributed by atoms with Gasteiger partial charge in [-0.15, -0.1) is 0 Å². The molecule has 0 saturated heterocycles.